The van der Waals surface area contributed by atoms with Crippen molar-refractivity contribution in [3.63, 3.8) is 0 Å². The number of carbonyl (C=O) groups is 2. The van der Waals surface area contributed by atoms with Crippen LogP contribution in [0.25, 0.3) is 0 Å². The van der Waals surface area contributed by atoms with Crippen molar-refractivity contribution in [2.45, 2.75) is 39.2 Å². The fraction of sp³-hybridized carbons (Fsp3) is 0.556. The van der Waals surface area contributed by atoms with Gasteiger partial charge in [-0.2, -0.15) is 0 Å². The van der Waals surface area contributed by atoms with E-state index in [9.17, 15) is 9.59 Å². The molecule has 0 spiro atoms. The van der Waals surface area contributed by atoms with Crippen molar-refractivity contribution in [3.05, 3.63) is 35.9 Å². The molecule has 0 fully saturated rings. The van der Waals surface area contributed by atoms with Gasteiger partial charge >= 0.3 is 0 Å². The number of hydrogen-bond donors (Lipinski definition) is 2. The fourth-order valence-electron chi connectivity index (χ4n) is 2.12. The van der Waals surface area contributed by atoms with Crippen LogP contribution in [0.5, 0.6) is 0 Å². The lowest BCUT2D eigenvalue weighted by atomic mass is 10.0. The molecule has 0 bridgehead atoms. The summed E-state index contributed by atoms with van der Waals surface area (Å²) in [6.45, 7) is 5.34. The first-order valence-electron chi connectivity index (χ1n) is 8.24. The van der Waals surface area contributed by atoms with Crippen molar-refractivity contribution in [1.29, 1.82) is 0 Å². The zero-order chi connectivity index (χ0) is 17.2. The highest BCUT2D eigenvalue weighted by atomic mass is 35.5. The minimum atomic E-state index is -0.102. The monoisotopic (exact) mass is 355 g/mol. The first-order valence-corrected chi connectivity index (χ1v) is 8.24. The van der Waals surface area contributed by atoms with E-state index in [-0.39, 0.29) is 30.3 Å². The zero-order valence-electron chi connectivity index (χ0n) is 14.8. The number of amides is 2. The Hall–Kier alpha value is -1.59. The lowest BCUT2D eigenvalue weighted by Crippen LogP contribution is -2.35. The molecule has 0 aliphatic heterocycles. The quantitative estimate of drug-likeness (QED) is 0.668. The summed E-state index contributed by atoms with van der Waals surface area (Å²) in [7, 11) is 1.80. The van der Waals surface area contributed by atoms with Crippen LogP contribution in [-0.2, 0) is 4.79 Å². The summed E-state index contributed by atoms with van der Waals surface area (Å²) in [6, 6.07) is 9.19. The van der Waals surface area contributed by atoms with Gasteiger partial charge in [-0.05, 0) is 30.9 Å². The van der Waals surface area contributed by atoms with E-state index in [2.05, 4.69) is 19.2 Å². The third kappa shape index (κ3) is 8.31. The highest BCUT2D eigenvalue weighted by Gasteiger charge is 2.12. The lowest BCUT2D eigenvalue weighted by Gasteiger charge is -2.21. The van der Waals surface area contributed by atoms with Crippen molar-refractivity contribution in [3.8, 4) is 0 Å². The van der Waals surface area contributed by atoms with Gasteiger partial charge in [-0.1, -0.05) is 32.0 Å². The van der Waals surface area contributed by atoms with Crippen LogP contribution in [0.2, 0.25) is 0 Å². The SMILES string of the molecule is CC(C)C(N)CCN(C)C(=O)CCCNC(=O)c1ccccc1.Cl. The first kappa shape index (κ1) is 22.4. The zero-order valence-corrected chi connectivity index (χ0v) is 15.6. The lowest BCUT2D eigenvalue weighted by molar-refractivity contribution is -0.130. The number of benzene rings is 1. The van der Waals surface area contributed by atoms with Gasteiger partial charge < -0.3 is 16.0 Å². The van der Waals surface area contributed by atoms with Crippen LogP contribution in [0.3, 0.4) is 0 Å². The predicted molar refractivity (Wildman–Crippen MR) is 100 cm³/mol. The van der Waals surface area contributed by atoms with Crippen LogP contribution in [0.1, 0.15) is 43.5 Å². The number of nitrogens with two attached hydrogens (primary N) is 1. The Balaban J connectivity index is 0.00000529. The van der Waals surface area contributed by atoms with E-state index < -0.39 is 0 Å². The van der Waals surface area contributed by atoms with Crippen molar-refractivity contribution < 1.29 is 9.59 Å². The summed E-state index contributed by atoms with van der Waals surface area (Å²) in [6.07, 6.45) is 1.88. The molecule has 0 aliphatic rings. The summed E-state index contributed by atoms with van der Waals surface area (Å²) in [5.41, 5.74) is 6.63. The highest BCUT2D eigenvalue weighted by Crippen LogP contribution is 2.05. The van der Waals surface area contributed by atoms with Gasteiger partial charge in [0.05, 0.1) is 0 Å². The van der Waals surface area contributed by atoms with Gasteiger partial charge in [0.25, 0.3) is 5.91 Å². The Kier molecular flexibility index (Phi) is 11.1. The average molecular weight is 356 g/mol. The molecule has 24 heavy (non-hydrogen) atoms. The van der Waals surface area contributed by atoms with Crippen molar-refractivity contribution in [2.75, 3.05) is 20.1 Å². The van der Waals surface area contributed by atoms with Crippen LogP contribution in [-0.4, -0.2) is 42.9 Å². The number of carbonyl (C=O) groups excluding carboxylic acids is 2. The van der Waals surface area contributed by atoms with Gasteiger partial charge in [-0.15, -0.1) is 12.4 Å². The fourth-order valence-corrected chi connectivity index (χ4v) is 2.12. The van der Waals surface area contributed by atoms with E-state index in [1.54, 1.807) is 24.1 Å². The molecule has 1 atom stereocenters. The third-order valence-corrected chi connectivity index (χ3v) is 3.97. The molecule has 2 amide bonds. The molecule has 0 saturated carbocycles. The summed E-state index contributed by atoms with van der Waals surface area (Å²) < 4.78 is 0. The first-order chi connectivity index (χ1) is 10.9. The summed E-state index contributed by atoms with van der Waals surface area (Å²) >= 11 is 0. The Morgan fingerprint density at radius 1 is 1.21 bits per heavy atom. The Morgan fingerprint density at radius 3 is 2.42 bits per heavy atom. The van der Waals surface area contributed by atoms with E-state index in [0.717, 1.165) is 6.42 Å². The summed E-state index contributed by atoms with van der Waals surface area (Å²) in [5, 5.41) is 2.83. The molecular formula is C18H30ClN3O2. The number of halogens is 1. The van der Waals surface area contributed by atoms with Crippen molar-refractivity contribution >= 4 is 24.2 Å². The largest absolute Gasteiger partial charge is 0.352 e. The van der Waals surface area contributed by atoms with Gasteiger partial charge in [0.1, 0.15) is 0 Å². The summed E-state index contributed by atoms with van der Waals surface area (Å²) in [4.78, 5) is 25.6. The Labute approximate surface area is 151 Å². The molecule has 0 aromatic heterocycles. The van der Waals surface area contributed by atoms with E-state index in [1.165, 1.54) is 0 Å². The topological polar surface area (TPSA) is 75.4 Å². The minimum absolute atomic E-state index is 0. The van der Waals surface area contributed by atoms with E-state index in [4.69, 9.17) is 5.73 Å². The van der Waals surface area contributed by atoms with E-state index >= 15 is 0 Å². The van der Waals surface area contributed by atoms with Crippen molar-refractivity contribution in [1.82, 2.24) is 10.2 Å². The number of rotatable bonds is 9. The van der Waals surface area contributed by atoms with E-state index in [1.807, 2.05) is 18.2 Å². The van der Waals surface area contributed by atoms with E-state index in [0.29, 0.717) is 37.4 Å². The van der Waals surface area contributed by atoms with Crippen LogP contribution in [0.15, 0.2) is 30.3 Å². The molecule has 0 aliphatic carbocycles. The van der Waals surface area contributed by atoms with Crippen LogP contribution < -0.4 is 11.1 Å². The number of hydrogen-bond acceptors (Lipinski definition) is 3. The predicted octanol–water partition coefficient (Wildman–Crippen LogP) is 2.45. The second kappa shape index (κ2) is 11.9. The van der Waals surface area contributed by atoms with Gasteiger partial charge in [-0.25, -0.2) is 0 Å². The van der Waals surface area contributed by atoms with Crippen molar-refractivity contribution in [2.24, 2.45) is 11.7 Å². The molecule has 1 unspecified atom stereocenters. The molecule has 1 aromatic rings. The minimum Gasteiger partial charge on any atom is -0.352 e. The molecule has 1 rings (SSSR count). The molecular weight excluding hydrogens is 326 g/mol. The standard InChI is InChI=1S/C18H29N3O2.ClH/c1-14(2)16(19)11-13-21(3)17(22)10-7-12-20-18(23)15-8-5-4-6-9-15;/h4-6,8-9,14,16H,7,10-13,19H2,1-3H3,(H,20,23);1H. The molecule has 136 valence electrons. The Morgan fingerprint density at radius 2 is 1.83 bits per heavy atom. The molecule has 0 radical (unpaired) electrons. The van der Waals surface area contributed by atoms with Gasteiger partial charge in [0.2, 0.25) is 5.91 Å². The molecule has 3 N–H and O–H groups in total. The highest BCUT2D eigenvalue weighted by molar-refractivity contribution is 5.94. The molecule has 1 aromatic carbocycles. The van der Waals surface area contributed by atoms with Crippen LogP contribution in [0.4, 0.5) is 0 Å². The smallest absolute Gasteiger partial charge is 0.251 e. The Bertz CT molecular complexity index is 494. The number of nitrogens with zero attached hydrogens (tertiary/aromatic N) is 1. The maximum atomic E-state index is 12.0. The maximum Gasteiger partial charge on any atom is 0.251 e. The van der Waals surface area contributed by atoms with Crippen LogP contribution in [0, 0.1) is 5.92 Å². The second-order valence-corrected chi connectivity index (χ2v) is 6.24. The normalized spacial score (nSPS) is 11.5. The number of nitrogens with one attached hydrogen (secondary N) is 1. The van der Waals surface area contributed by atoms with Gasteiger partial charge in [0, 0.05) is 38.2 Å². The second-order valence-electron chi connectivity index (χ2n) is 6.24. The third-order valence-electron chi connectivity index (χ3n) is 3.97. The van der Waals surface area contributed by atoms with Gasteiger partial charge in [0.15, 0.2) is 0 Å². The van der Waals surface area contributed by atoms with Crippen LogP contribution >= 0.6 is 12.4 Å². The average Bonchev–Trinajstić information content (AvgIpc) is 2.56. The van der Waals surface area contributed by atoms with Gasteiger partial charge in [-0.3, -0.25) is 9.59 Å². The molecule has 6 heteroatoms. The molecule has 0 heterocycles. The maximum absolute atomic E-state index is 12.0. The molecule has 5 nitrogen and oxygen atoms in total. The summed E-state index contributed by atoms with van der Waals surface area (Å²) in [5.74, 6) is 0.413. The molecule has 0 saturated heterocycles.